The smallest absolute Gasteiger partial charge is 0.123 e. The van der Waals surface area contributed by atoms with E-state index in [4.69, 9.17) is 54.9 Å². The average molecular weight is 487 g/mol. The highest BCUT2D eigenvalue weighted by atomic mass is 31.0. The molecule has 0 saturated carbocycles. The van der Waals surface area contributed by atoms with Crippen molar-refractivity contribution >= 4 is 137 Å². The van der Waals surface area contributed by atoms with E-state index in [1.54, 1.807) is 19.9 Å². The second kappa shape index (κ2) is 9.62. The number of hydrogen-bond donors (Lipinski definition) is 0. The molecule has 154 valence electrons. The fourth-order valence-electron chi connectivity index (χ4n) is 4.35. The lowest BCUT2D eigenvalue weighted by molar-refractivity contribution is 0.522. The first-order valence-corrected chi connectivity index (χ1v) is 11.8. The normalized spacial score (nSPS) is 13.2. The molecular formula is C22H16B7F2P3. The molecule has 4 atom stereocenters. The molecule has 12 heteroatoms. The third-order valence-electron chi connectivity index (χ3n) is 6.67. The molecule has 14 radical (unpaired) electrons. The van der Waals surface area contributed by atoms with Gasteiger partial charge < -0.3 is 0 Å². The summed E-state index contributed by atoms with van der Waals surface area (Å²) < 4.78 is 31.8. The molecule has 0 aromatic heterocycles. The van der Waals surface area contributed by atoms with Gasteiger partial charge in [0.2, 0.25) is 0 Å². The maximum absolute atomic E-state index is 15.9. The van der Waals surface area contributed by atoms with Crippen LogP contribution in [0, 0.1) is 25.5 Å². The summed E-state index contributed by atoms with van der Waals surface area (Å²) in [7, 11) is 51.2. The second-order valence-electron chi connectivity index (χ2n) is 8.49. The van der Waals surface area contributed by atoms with Gasteiger partial charge in [-0.2, -0.15) is 0 Å². The van der Waals surface area contributed by atoms with Crippen LogP contribution in [0.4, 0.5) is 8.78 Å². The lowest BCUT2D eigenvalue weighted by atomic mass is 9.59. The molecule has 0 fully saturated rings. The molecule has 0 saturated heterocycles. The molecule has 3 aromatic rings. The minimum absolute atomic E-state index is 0.0912. The largest absolute Gasteiger partial charge is 0.207 e. The number of halogens is 2. The van der Waals surface area contributed by atoms with Crippen LogP contribution in [-0.2, 0) is 5.41 Å². The molecular weight excluding hydrogens is 471 g/mol. The molecule has 0 aliphatic rings. The summed E-state index contributed by atoms with van der Waals surface area (Å²) in [4.78, 5) is 0. The van der Waals surface area contributed by atoms with Gasteiger partial charge in [-0.15, -0.1) is 33.2 Å². The highest BCUT2D eigenvalue weighted by Gasteiger charge is 2.42. The van der Waals surface area contributed by atoms with Gasteiger partial charge >= 0.3 is 0 Å². The van der Waals surface area contributed by atoms with Crippen molar-refractivity contribution in [3.8, 4) is 0 Å². The van der Waals surface area contributed by atoms with Gasteiger partial charge in [-0.3, -0.25) is 0 Å². The highest BCUT2D eigenvalue weighted by molar-refractivity contribution is 7.32. The van der Waals surface area contributed by atoms with Crippen molar-refractivity contribution < 1.29 is 8.78 Å². The van der Waals surface area contributed by atoms with Crippen LogP contribution in [0.2, 0.25) is 0 Å². The Hall–Kier alpha value is -0.735. The Morgan fingerprint density at radius 3 is 1.59 bits per heavy atom. The topological polar surface area (TPSA) is 0 Å². The van der Waals surface area contributed by atoms with Crippen molar-refractivity contribution in [1.82, 2.24) is 0 Å². The fourth-order valence-corrected chi connectivity index (χ4v) is 5.94. The Morgan fingerprint density at radius 2 is 1.09 bits per heavy atom. The quantitative estimate of drug-likeness (QED) is 0.201. The summed E-state index contributed by atoms with van der Waals surface area (Å²) in [5, 5.41) is 1.42. The van der Waals surface area contributed by atoms with E-state index in [2.05, 4.69) is 27.7 Å². The summed E-state index contributed by atoms with van der Waals surface area (Å²) in [6.07, 6.45) is 0. The first kappa shape index (κ1) is 27.8. The Bertz CT molecular complexity index is 1250. The lowest BCUT2D eigenvalue weighted by Crippen LogP contribution is -2.53. The molecule has 0 spiro atoms. The molecule has 0 bridgehead atoms. The summed E-state index contributed by atoms with van der Waals surface area (Å²) in [6.45, 7) is 4.73. The van der Waals surface area contributed by atoms with Gasteiger partial charge in [0, 0.05) is 11.0 Å². The number of rotatable bonds is 3. The van der Waals surface area contributed by atoms with Gasteiger partial charge in [0.25, 0.3) is 0 Å². The SMILES string of the molecule is [B]c1cc(C(C)(c2c(F)c([B])c(C)c([B])c2F)c2c([B])c([B])c(C)c([B])c2P)c(P)c([B])c1P. The minimum atomic E-state index is -1.65. The maximum Gasteiger partial charge on any atom is 0.123 e. The van der Waals surface area contributed by atoms with E-state index in [-0.39, 0.29) is 33.0 Å². The van der Waals surface area contributed by atoms with E-state index in [1.165, 1.54) is 6.92 Å². The van der Waals surface area contributed by atoms with E-state index >= 15 is 8.78 Å². The molecule has 3 rings (SSSR count). The number of hydrogen-bond acceptors (Lipinski definition) is 0. The van der Waals surface area contributed by atoms with Gasteiger partial charge in [0.05, 0.1) is 0 Å². The maximum atomic E-state index is 15.9. The first-order valence-electron chi connectivity index (χ1n) is 10.1. The van der Waals surface area contributed by atoms with Crippen molar-refractivity contribution in [3.63, 3.8) is 0 Å². The van der Waals surface area contributed by atoms with E-state index in [9.17, 15) is 0 Å². The lowest BCUT2D eigenvalue weighted by Gasteiger charge is -2.40. The fraction of sp³-hybridized carbons (Fsp3) is 0.182. The molecule has 0 N–H and O–H groups in total. The van der Waals surface area contributed by atoms with Crippen LogP contribution in [0.25, 0.3) is 0 Å². The summed E-state index contributed by atoms with van der Waals surface area (Å²) >= 11 is 0. The standard InChI is InChI=1S/C22H16B7F2P3/c1-5-11(24)15(28)9(21(34)14(5)27)22(3,7-4-8(23)20(33)16(29)19(7)32)10-17(30)12(25)6(2)13(26)18(10)31/h4H,32-34H2,1-3H3. The minimum Gasteiger partial charge on any atom is -0.207 e. The van der Waals surface area contributed by atoms with Crippen molar-refractivity contribution in [2.75, 3.05) is 0 Å². The monoisotopic (exact) mass is 488 g/mol. The molecule has 0 nitrogen and oxygen atoms in total. The van der Waals surface area contributed by atoms with Crippen LogP contribution < -0.4 is 54.2 Å². The van der Waals surface area contributed by atoms with Crippen LogP contribution in [0.3, 0.4) is 0 Å². The van der Waals surface area contributed by atoms with Gasteiger partial charge in [-0.1, -0.05) is 50.0 Å². The Labute approximate surface area is 216 Å². The molecule has 0 amide bonds. The third kappa shape index (κ3) is 3.94. The van der Waals surface area contributed by atoms with Crippen molar-refractivity contribution in [2.24, 2.45) is 0 Å². The van der Waals surface area contributed by atoms with E-state index in [1.807, 2.05) is 0 Å². The average Bonchev–Trinajstić information content (AvgIpc) is 2.79. The van der Waals surface area contributed by atoms with Gasteiger partial charge in [-0.05, 0) is 47.8 Å². The zero-order valence-electron chi connectivity index (χ0n) is 19.1. The van der Waals surface area contributed by atoms with Gasteiger partial charge in [0.1, 0.15) is 66.6 Å². The van der Waals surface area contributed by atoms with Crippen molar-refractivity contribution in [3.05, 3.63) is 45.5 Å². The highest BCUT2D eigenvalue weighted by Crippen LogP contribution is 2.39. The molecule has 3 aromatic carbocycles. The summed E-state index contributed by atoms with van der Waals surface area (Å²) in [5.41, 5.74) is -0.199. The summed E-state index contributed by atoms with van der Waals surface area (Å²) in [6, 6.07) is 1.59. The first-order chi connectivity index (χ1) is 15.6. The van der Waals surface area contributed by atoms with Crippen LogP contribution in [0.1, 0.15) is 34.7 Å². The Kier molecular flexibility index (Phi) is 7.88. The van der Waals surface area contributed by atoms with Crippen molar-refractivity contribution in [1.29, 1.82) is 0 Å². The van der Waals surface area contributed by atoms with Crippen molar-refractivity contribution in [2.45, 2.75) is 26.2 Å². The molecule has 0 heterocycles. The van der Waals surface area contributed by atoms with Gasteiger partial charge in [0.15, 0.2) is 0 Å². The zero-order chi connectivity index (χ0) is 26.0. The predicted octanol–water partition coefficient (Wildman–Crippen LogP) is -4.01. The molecule has 34 heavy (non-hydrogen) atoms. The van der Waals surface area contributed by atoms with Crippen LogP contribution in [-0.4, -0.2) is 54.9 Å². The van der Waals surface area contributed by atoms with E-state index in [0.717, 1.165) is 0 Å². The Balaban J connectivity index is 2.72. The van der Waals surface area contributed by atoms with E-state index in [0.29, 0.717) is 43.4 Å². The van der Waals surface area contributed by atoms with Crippen LogP contribution >= 0.6 is 27.7 Å². The third-order valence-corrected chi connectivity index (χ3v) is 8.53. The second-order valence-corrected chi connectivity index (χ2v) is 10.2. The van der Waals surface area contributed by atoms with Gasteiger partial charge in [-0.25, -0.2) is 8.78 Å². The molecule has 0 aliphatic heterocycles. The molecule has 4 unspecified atom stereocenters. The number of benzene rings is 3. The summed E-state index contributed by atoms with van der Waals surface area (Å²) in [5.74, 6) is -1.96. The van der Waals surface area contributed by atoms with Crippen LogP contribution in [0.15, 0.2) is 6.07 Å². The molecule has 0 aliphatic carbocycles. The zero-order valence-corrected chi connectivity index (χ0v) is 22.6. The Morgan fingerprint density at radius 1 is 0.618 bits per heavy atom. The van der Waals surface area contributed by atoms with Crippen LogP contribution in [0.5, 0.6) is 0 Å². The van der Waals surface area contributed by atoms with E-state index < -0.39 is 22.6 Å². The predicted molar refractivity (Wildman–Crippen MR) is 160 cm³/mol.